The maximum absolute atomic E-state index is 13.9. The number of cyclic esters (lactones) is 1. The van der Waals surface area contributed by atoms with Crippen molar-refractivity contribution in [1.29, 1.82) is 0 Å². The Morgan fingerprint density at radius 1 is 0.942 bits per heavy atom. The zero-order valence-electron chi connectivity index (χ0n) is 32.2. The Kier molecular flexibility index (Phi) is 10.8. The van der Waals surface area contributed by atoms with E-state index in [0.717, 1.165) is 44.1 Å². The molecule has 9 atom stereocenters. The van der Waals surface area contributed by atoms with Gasteiger partial charge in [-0.1, -0.05) is 82.2 Å². The second-order valence-corrected chi connectivity index (χ2v) is 18.7. The van der Waals surface area contributed by atoms with Crippen LogP contribution in [-0.4, -0.2) is 46.6 Å². The van der Waals surface area contributed by atoms with Gasteiger partial charge in [-0.05, 0) is 118 Å². The van der Waals surface area contributed by atoms with Gasteiger partial charge in [-0.25, -0.2) is 4.79 Å². The minimum absolute atomic E-state index is 0.198. The maximum atomic E-state index is 13.9. The van der Waals surface area contributed by atoms with E-state index < -0.39 is 28.6 Å². The predicted molar refractivity (Wildman–Crippen MR) is 203 cm³/mol. The largest absolute Gasteiger partial charge is 0.462 e. The van der Waals surface area contributed by atoms with Crippen LogP contribution in [0, 0.1) is 51.3 Å². The summed E-state index contributed by atoms with van der Waals surface area (Å²) in [6, 6.07) is 10.7. The lowest BCUT2D eigenvalue weighted by molar-refractivity contribution is -0.313. The van der Waals surface area contributed by atoms with Gasteiger partial charge in [-0.2, -0.15) is 0 Å². The average molecular weight is 713 g/mol. The first-order chi connectivity index (χ1) is 24.9. The highest BCUT2D eigenvalue weighted by Gasteiger charge is 2.75. The Hall–Kier alpha value is -2.62. The Balaban J connectivity index is 1.26. The third-order valence-electron chi connectivity index (χ3n) is 15.7. The number of carbonyl (C=O) groups is 2. The Morgan fingerprint density at radius 2 is 1.71 bits per heavy atom. The van der Waals surface area contributed by atoms with E-state index in [4.69, 9.17) is 9.47 Å². The van der Waals surface area contributed by atoms with E-state index in [1.54, 1.807) is 6.08 Å². The molecule has 1 aromatic rings. The van der Waals surface area contributed by atoms with Crippen molar-refractivity contribution in [3.05, 3.63) is 47.5 Å². The van der Waals surface area contributed by atoms with Crippen LogP contribution in [0.4, 0.5) is 0 Å². The van der Waals surface area contributed by atoms with E-state index in [-0.39, 0.29) is 36.3 Å². The number of benzene rings is 1. The molecule has 2 N–H and O–H groups in total. The van der Waals surface area contributed by atoms with Crippen LogP contribution in [0.1, 0.15) is 148 Å². The van der Waals surface area contributed by atoms with Gasteiger partial charge in [0.15, 0.2) is 0 Å². The summed E-state index contributed by atoms with van der Waals surface area (Å²) in [5.74, 6) is 7.10. The minimum atomic E-state index is -1.38. The van der Waals surface area contributed by atoms with Crippen molar-refractivity contribution >= 4 is 11.9 Å². The first-order valence-corrected chi connectivity index (χ1v) is 20.9. The van der Waals surface area contributed by atoms with E-state index >= 15 is 0 Å². The molecule has 6 heteroatoms. The zero-order valence-corrected chi connectivity index (χ0v) is 32.2. The number of ether oxygens (including phenoxy) is 2. The van der Waals surface area contributed by atoms with Crippen molar-refractivity contribution in [3.8, 4) is 11.8 Å². The van der Waals surface area contributed by atoms with Gasteiger partial charge in [0.25, 0.3) is 0 Å². The van der Waals surface area contributed by atoms with Gasteiger partial charge < -0.3 is 19.7 Å². The quantitative estimate of drug-likeness (QED) is 0.166. The van der Waals surface area contributed by atoms with E-state index in [0.29, 0.717) is 55.8 Å². The van der Waals surface area contributed by atoms with Gasteiger partial charge in [0, 0.05) is 30.3 Å². The number of hydrogen-bond donors (Lipinski definition) is 2. The van der Waals surface area contributed by atoms with Gasteiger partial charge in [0.1, 0.15) is 12.7 Å². The van der Waals surface area contributed by atoms with Crippen LogP contribution < -0.4 is 0 Å². The average Bonchev–Trinajstić information content (AvgIpc) is 3.89. The minimum Gasteiger partial charge on any atom is -0.462 e. The first-order valence-electron chi connectivity index (χ1n) is 20.9. The predicted octanol–water partition coefficient (Wildman–Crippen LogP) is 9.05. The fourth-order valence-corrected chi connectivity index (χ4v) is 13.0. The molecule has 2 heterocycles. The summed E-state index contributed by atoms with van der Waals surface area (Å²) in [7, 11) is 0. The summed E-state index contributed by atoms with van der Waals surface area (Å²) in [6.07, 6.45) is 18.6. The monoisotopic (exact) mass is 712 g/mol. The SMILES string of the molecule is CC(CCCc1ccccc1)CCCC12C(O)CCC(C)(C3CCC4(CCCC4)C3)C1C1CC(C)(C#CCCC(=O)O1)C2(O)CCC1=CC(=O)OC1. The fourth-order valence-electron chi connectivity index (χ4n) is 13.0. The van der Waals surface area contributed by atoms with Crippen LogP contribution in [0.2, 0.25) is 0 Å². The Bertz CT molecular complexity index is 1550. The third kappa shape index (κ3) is 6.81. The summed E-state index contributed by atoms with van der Waals surface area (Å²) in [4.78, 5) is 25.7. The number of aliphatic hydroxyl groups is 2. The lowest BCUT2D eigenvalue weighted by Gasteiger charge is -2.71. The molecule has 0 radical (unpaired) electrons. The van der Waals surface area contributed by atoms with Gasteiger partial charge >= 0.3 is 11.9 Å². The van der Waals surface area contributed by atoms with Crippen molar-refractivity contribution in [2.45, 2.75) is 167 Å². The van der Waals surface area contributed by atoms with Crippen LogP contribution in [0.5, 0.6) is 0 Å². The zero-order chi connectivity index (χ0) is 36.6. The first kappa shape index (κ1) is 37.7. The summed E-state index contributed by atoms with van der Waals surface area (Å²) in [5, 5.41) is 26.7. The summed E-state index contributed by atoms with van der Waals surface area (Å²) in [6.45, 7) is 7.12. The number of hydrogen-bond acceptors (Lipinski definition) is 6. The normalized spacial score (nSPS) is 38.6. The van der Waals surface area contributed by atoms with Crippen LogP contribution >= 0.6 is 0 Å². The highest BCUT2D eigenvalue weighted by Crippen LogP contribution is 2.73. The topological polar surface area (TPSA) is 93.1 Å². The number of esters is 2. The molecule has 6 aliphatic rings. The van der Waals surface area contributed by atoms with Crippen LogP contribution in [0.15, 0.2) is 42.0 Å². The molecule has 2 bridgehead atoms. The lowest BCUT2D eigenvalue weighted by atomic mass is 9.36. The summed E-state index contributed by atoms with van der Waals surface area (Å²) < 4.78 is 11.9. The van der Waals surface area contributed by atoms with Crippen molar-refractivity contribution in [1.82, 2.24) is 0 Å². The van der Waals surface area contributed by atoms with E-state index in [9.17, 15) is 19.8 Å². The number of fused-ring (bicyclic) bond motifs is 4. The van der Waals surface area contributed by atoms with Crippen LogP contribution in [0.25, 0.3) is 0 Å². The maximum Gasteiger partial charge on any atom is 0.331 e. The molecule has 4 saturated carbocycles. The number of aryl methyl sites for hydroxylation is 1. The Labute approximate surface area is 312 Å². The van der Waals surface area contributed by atoms with Crippen LogP contribution in [-0.2, 0) is 25.5 Å². The molecule has 0 saturated heterocycles. The third-order valence-corrected chi connectivity index (χ3v) is 15.7. The molecule has 0 amide bonds. The molecular formula is C46H64O6. The molecule has 7 rings (SSSR count). The second kappa shape index (κ2) is 14.9. The molecule has 4 aliphatic carbocycles. The molecule has 284 valence electrons. The summed E-state index contributed by atoms with van der Waals surface area (Å²) >= 11 is 0. The van der Waals surface area contributed by atoms with Gasteiger partial charge in [0.2, 0.25) is 0 Å². The van der Waals surface area contributed by atoms with E-state index in [2.05, 4.69) is 62.9 Å². The molecule has 2 aliphatic heterocycles. The molecule has 0 aromatic heterocycles. The van der Waals surface area contributed by atoms with E-state index in [1.807, 2.05) is 0 Å². The number of carbonyl (C=O) groups excluding carboxylic acids is 2. The number of aliphatic hydroxyl groups excluding tert-OH is 1. The van der Waals surface area contributed by atoms with Crippen molar-refractivity contribution in [3.63, 3.8) is 0 Å². The second-order valence-electron chi connectivity index (χ2n) is 18.7. The molecule has 6 nitrogen and oxygen atoms in total. The standard InChI is InChI=1S/C46H64O6/c1-33(13-11-17-34-15-5-4-6-16-34)14-12-25-45-38(47)21-26-43(3,36-20-27-44(30-36)23-9-10-24-44)41(45)37-31-42(2,22-8-7-18-39(48)52-37)46(45,50)28-19-35-29-40(49)51-32-35/h4-6,15-16,29,33,36-38,41,47,50H,7,9-14,17-21,23-28,30-32H2,1-3H3. The highest BCUT2D eigenvalue weighted by molar-refractivity contribution is 5.85. The molecule has 1 aromatic carbocycles. The summed E-state index contributed by atoms with van der Waals surface area (Å²) in [5.41, 5.74) is -0.746. The molecule has 52 heavy (non-hydrogen) atoms. The number of rotatable bonds is 12. The van der Waals surface area contributed by atoms with Crippen molar-refractivity contribution in [2.24, 2.45) is 39.4 Å². The molecular weight excluding hydrogens is 649 g/mol. The van der Waals surface area contributed by atoms with Gasteiger partial charge in [-0.3, -0.25) is 4.79 Å². The van der Waals surface area contributed by atoms with Gasteiger partial charge in [0.05, 0.1) is 23.5 Å². The smallest absolute Gasteiger partial charge is 0.331 e. The van der Waals surface area contributed by atoms with Crippen molar-refractivity contribution in [2.75, 3.05) is 6.61 Å². The molecule has 9 unspecified atom stereocenters. The van der Waals surface area contributed by atoms with E-state index in [1.165, 1.54) is 50.5 Å². The molecule has 1 spiro atoms. The van der Waals surface area contributed by atoms with Crippen LogP contribution in [0.3, 0.4) is 0 Å². The Morgan fingerprint density at radius 3 is 2.46 bits per heavy atom. The van der Waals surface area contributed by atoms with Gasteiger partial charge in [-0.15, -0.1) is 5.92 Å². The molecule has 4 fully saturated rings. The van der Waals surface area contributed by atoms with Crippen molar-refractivity contribution < 1.29 is 29.3 Å². The fraction of sp³-hybridized carbons (Fsp3) is 0.739. The lowest BCUT2D eigenvalue weighted by Crippen LogP contribution is -2.76. The highest BCUT2D eigenvalue weighted by atomic mass is 16.5.